The molecule has 2 rings (SSSR count). The van der Waals surface area contributed by atoms with Crippen molar-refractivity contribution < 1.29 is 68.3 Å². The number of aliphatic hydroxyl groups excluding tert-OH is 1. The van der Waals surface area contributed by atoms with Crippen LogP contribution in [0.1, 0.15) is 49.3 Å². The quantitative estimate of drug-likeness (QED) is 0.172. The maximum atomic E-state index is 12.1. The number of nitrogens with one attached hydrogen (secondary N) is 1. The van der Waals surface area contributed by atoms with E-state index in [1.165, 1.54) is 6.92 Å². The molecule has 0 saturated carbocycles. The summed E-state index contributed by atoms with van der Waals surface area (Å²) in [5.74, 6) is -3.73. The van der Waals surface area contributed by atoms with Crippen molar-refractivity contribution in [3.63, 3.8) is 0 Å². The molecule has 0 aliphatic carbocycles. The zero-order valence-corrected chi connectivity index (χ0v) is 23.6. The molecule has 1 unspecified atom stereocenters. The Morgan fingerprint density at radius 2 is 1.44 bits per heavy atom. The molecule has 1 amide bonds. The fraction of sp³-hybridized carbons (Fsp3) is 0.800. The molecule has 4 N–H and O–H groups in total. The van der Waals surface area contributed by atoms with Crippen molar-refractivity contribution in [1.82, 2.24) is 5.32 Å². The molecule has 16 nitrogen and oxygen atoms in total. The molecule has 0 aromatic carbocycles. The minimum atomic E-state index is -1.53. The number of rotatable bonds is 12. The van der Waals surface area contributed by atoms with E-state index in [1.54, 1.807) is 0 Å². The summed E-state index contributed by atoms with van der Waals surface area (Å²) in [6.45, 7) is 5.02. The normalized spacial score (nSPS) is 33.6. The summed E-state index contributed by atoms with van der Waals surface area (Å²) in [6, 6.07) is -2.35. The molecule has 2 aliphatic heterocycles. The van der Waals surface area contributed by atoms with Crippen LogP contribution in [0.4, 0.5) is 0 Å². The van der Waals surface area contributed by atoms with Gasteiger partial charge < -0.3 is 54.1 Å². The maximum Gasteiger partial charge on any atom is 0.303 e. The molecule has 0 bridgehead atoms. The van der Waals surface area contributed by atoms with Crippen molar-refractivity contribution >= 4 is 29.8 Å². The molecule has 2 fully saturated rings. The van der Waals surface area contributed by atoms with Crippen LogP contribution in [0.2, 0.25) is 0 Å². The lowest BCUT2D eigenvalue weighted by atomic mass is 9.95. The molecule has 41 heavy (non-hydrogen) atoms. The van der Waals surface area contributed by atoms with Gasteiger partial charge in [-0.2, -0.15) is 0 Å². The number of hydrogen-bond donors (Lipinski definition) is 3. The van der Waals surface area contributed by atoms with Crippen LogP contribution in [-0.4, -0.2) is 116 Å². The van der Waals surface area contributed by atoms with Crippen molar-refractivity contribution in [1.29, 1.82) is 0 Å². The molecule has 2 saturated heterocycles. The molecule has 0 aromatic heterocycles. The highest BCUT2D eigenvalue weighted by atomic mass is 16.7. The number of esters is 4. The summed E-state index contributed by atoms with van der Waals surface area (Å²) in [5, 5.41) is 13.5. The summed E-state index contributed by atoms with van der Waals surface area (Å²) in [5.41, 5.74) is 6.14. The van der Waals surface area contributed by atoms with Gasteiger partial charge in [0.25, 0.3) is 0 Å². The van der Waals surface area contributed by atoms with Crippen LogP contribution in [0.5, 0.6) is 0 Å². The average molecular weight is 594 g/mol. The molecule has 2 aliphatic rings. The Balaban J connectivity index is 2.38. The Morgan fingerprint density at radius 3 is 2.00 bits per heavy atom. The smallest absolute Gasteiger partial charge is 0.303 e. The van der Waals surface area contributed by atoms with E-state index in [9.17, 15) is 29.1 Å². The minimum Gasteiger partial charge on any atom is -0.463 e. The van der Waals surface area contributed by atoms with Crippen LogP contribution in [0.15, 0.2) is 0 Å². The van der Waals surface area contributed by atoms with Crippen molar-refractivity contribution in [3.8, 4) is 0 Å². The van der Waals surface area contributed by atoms with Gasteiger partial charge in [0.15, 0.2) is 30.9 Å². The first-order chi connectivity index (χ1) is 19.8. The van der Waals surface area contributed by atoms with Crippen LogP contribution >= 0.6 is 0 Å². The molecule has 234 valence electrons. The monoisotopic (exact) mass is 593 g/mol. The number of carbonyl (C=O) groups excluding carboxylic acids is 5. The Morgan fingerprint density at radius 1 is 0.829 bits per heavy atom. The van der Waals surface area contributed by atoms with Gasteiger partial charge in [-0.3, -0.25) is 24.0 Å². The van der Waals surface area contributed by atoms with Gasteiger partial charge >= 0.3 is 23.9 Å². The highest BCUT2D eigenvalue weighted by molar-refractivity contribution is 5.73. The van der Waals surface area contributed by atoms with Crippen LogP contribution in [-0.2, 0) is 61.9 Å². The molecular weight excluding hydrogens is 552 g/mol. The predicted molar refractivity (Wildman–Crippen MR) is 134 cm³/mol. The van der Waals surface area contributed by atoms with Gasteiger partial charge in [-0.25, -0.2) is 0 Å². The second kappa shape index (κ2) is 15.9. The molecule has 0 aromatic rings. The van der Waals surface area contributed by atoms with E-state index in [-0.39, 0.29) is 6.61 Å². The van der Waals surface area contributed by atoms with E-state index in [2.05, 4.69) is 5.32 Å². The Bertz CT molecular complexity index is 954. The number of carbonyl (C=O) groups is 5. The van der Waals surface area contributed by atoms with E-state index in [0.717, 1.165) is 20.8 Å². The van der Waals surface area contributed by atoms with Gasteiger partial charge in [0.2, 0.25) is 5.91 Å². The van der Waals surface area contributed by atoms with Gasteiger partial charge in [-0.05, 0) is 6.42 Å². The topological polar surface area (TPSA) is 217 Å². The summed E-state index contributed by atoms with van der Waals surface area (Å²) < 4.78 is 51.5. The highest BCUT2D eigenvalue weighted by Gasteiger charge is 2.52. The minimum absolute atomic E-state index is 0.233. The van der Waals surface area contributed by atoms with Crippen molar-refractivity contribution in [3.05, 3.63) is 0 Å². The van der Waals surface area contributed by atoms with Gasteiger partial charge in [0, 0.05) is 42.6 Å². The molecule has 0 spiro atoms. The second-order valence-electron chi connectivity index (χ2n) is 9.49. The van der Waals surface area contributed by atoms with Crippen molar-refractivity contribution in [2.45, 2.75) is 109 Å². The third kappa shape index (κ3) is 10.2. The van der Waals surface area contributed by atoms with Crippen molar-refractivity contribution in [2.24, 2.45) is 5.73 Å². The summed E-state index contributed by atoms with van der Waals surface area (Å²) in [4.78, 5) is 59.4. The SMILES string of the molecule is [2H]CC(=O)O[C@H]1[C@H](O)[C@@H](CO[C@@H]2O[C@H](COC(C)=O)[C@@H](OC(C)=O)[C@H](OC(C)=O)[C@H]2NC(C)=O)OC(OCCC)[C@@H]1N. The Hall–Kier alpha value is -2.89. The maximum absolute atomic E-state index is 12.1. The van der Waals surface area contributed by atoms with Crippen LogP contribution in [0.3, 0.4) is 0 Å². The molecule has 16 heteroatoms. The molecule has 0 radical (unpaired) electrons. The molecular formula is C25H40N2O14. The lowest BCUT2D eigenvalue weighted by Crippen LogP contribution is -2.67. The third-order valence-corrected chi connectivity index (χ3v) is 5.97. The van der Waals surface area contributed by atoms with Gasteiger partial charge in [0.1, 0.15) is 31.0 Å². The number of nitrogens with two attached hydrogens (primary N) is 1. The summed E-state index contributed by atoms with van der Waals surface area (Å²) >= 11 is 0. The van der Waals surface area contributed by atoms with Crippen LogP contribution in [0, 0.1) is 0 Å². The van der Waals surface area contributed by atoms with Crippen molar-refractivity contribution in [2.75, 3.05) is 19.8 Å². The molecule has 10 atom stereocenters. The van der Waals surface area contributed by atoms with E-state index in [0.29, 0.717) is 6.42 Å². The zero-order chi connectivity index (χ0) is 31.6. The largest absolute Gasteiger partial charge is 0.463 e. The fourth-order valence-corrected chi connectivity index (χ4v) is 4.38. The molecule has 2 heterocycles. The van der Waals surface area contributed by atoms with Crippen LogP contribution < -0.4 is 11.1 Å². The Kier molecular flexibility index (Phi) is 12.7. The predicted octanol–water partition coefficient (Wildman–Crippen LogP) is -1.57. The lowest BCUT2D eigenvalue weighted by Gasteiger charge is -2.46. The lowest BCUT2D eigenvalue weighted by molar-refractivity contribution is -0.304. The first-order valence-electron chi connectivity index (χ1n) is 13.7. The highest BCUT2D eigenvalue weighted by Crippen LogP contribution is 2.30. The first kappa shape index (κ1) is 32.6. The van der Waals surface area contributed by atoms with Gasteiger partial charge in [-0.15, -0.1) is 0 Å². The first-order valence-corrected chi connectivity index (χ1v) is 13.0. The van der Waals surface area contributed by atoms with Crippen LogP contribution in [0.25, 0.3) is 0 Å². The van der Waals surface area contributed by atoms with E-state index in [1.807, 2.05) is 6.92 Å². The van der Waals surface area contributed by atoms with E-state index in [4.69, 9.17) is 45.0 Å². The zero-order valence-electron chi connectivity index (χ0n) is 24.6. The Labute approximate surface area is 238 Å². The summed E-state index contributed by atoms with van der Waals surface area (Å²) in [7, 11) is 0. The average Bonchev–Trinajstić information content (AvgIpc) is 2.90. The van der Waals surface area contributed by atoms with E-state index < -0.39 is 111 Å². The number of ether oxygens (including phenoxy) is 8. The summed E-state index contributed by atoms with van der Waals surface area (Å²) in [6.07, 6.45) is -9.91. The number of aliphatic hydroxyl groups is 1. The number of hydrogen-bond acceptors (Lipinski definition) is 15. The number of amides is 1. The third-order valence-electron chi connectivity index (χ3n) is 5.97. The second-order valence-corrected chi connectivity index (χ2v) is 9.49. The fourth-order valence-electron chi connectivity index (χ4n) is 4.38. The van der Waals surface area contributed by atoms with Gasteiger partial charge in [-0.1, -0.05) is 6.92 Å². The standard InChI is InChI=1S/C25H40N2O14/c1-7-8-34-24-18(26)22(38-14(5)31)20(33)16(40-24)9-36-25-19(27-11(2)28)23(39-15(6)32)21(37-13(4)30)17(41-25)10-35-12(3)29/h16-25,33H,7-10,26H2,1-6H3,(H,27,28)/t16-,17-,18-,19-,20-,21-,22-,23-,24?,25-/m1/s1/i5D. The van der Waals surface area contributed by atoms with E-state index >= 15 is 0 Å². The van der Waals surface area contributed by atoms with Gasteiger partial charge in [0.05, 0.1) is 12.6 Å².